The monoisotopic (exact) mass is 233 g/mol. The van der Waals surface area contributed by atoms with Gasteiger partial charge >= 0.3 is 0 Å². The van der Waals surface area contributed by atoms with Crippen LogP contribution in [-0.2, 0) is 7.05 Å². The summed E-state index contributed by atoms with van der Waals surface area (Å²) in [4.78, 5) is 18.7. The predicted molar refractivity (Wildman–Crippen MR) is 64.0 cm³/mol. The average Bonchev–Trinajstić information content (AvgIpc) is 2.70. The fourth-order valence-electron chi connectivity index (χ4n) is 2.51. The Balaban J connectivity index is 2.19. The number of aromatic amines is 1. The van der Waals surface area contributed by atoms with Crippen LogP contribution in [0.2, 0.25) is 0 Å². The lowest BCUT2D eigenvalue weighted by molar-refractivity contribution is 0.451. The summed E-state index contributed by atoms with van der Waals surface area (Å²) in [5, 5.41) is 8.45. The smallest absolute Gasteiger partial charge is 0.262 e. The molecule has 3 heterocycles. The Morgan fingerprint density at radius 1 is 1.41 bits per heavy atom. The van der Waals surface area contributed by atoms with Crippen molar-refractivity contribution < 1.29 is 0 Å². The van der Waals surface area contributed by atoms with Crippen molar-refractivity contribution in [3.8, 4) is 0 Å². The van der Waals surface area contributed by atoms with Crippen molar-refractivity contribution in [1.29, 1.82) is 0 Å². The van der Waals surface area contributed by atoms with Gasteiger partial charge < -0.3 is 10.3 Å². The summed E-state index contributed by atoms with van der Waals surface area (Å²) >= 11 is 0. The van der Waals surface area contributed by atoms with E-state index in [1.165, 1.54) is 6.33 Å². The van der Waals surface area contributed by atoms with Gasteiger partial charge in [0.05, 0.1) is 12.0 Å². The maximum atomic E-state index is 11.9. The zero-order valence-corrected chi connectivity index (χ0v) is 9.73. The maximum Gasteiger partial charge on any atom is 0.262 e. The van der Waals surface area contributed by atoms with Crippen LogP contribution in [0, 0.1) is 0 Å². The second-order valence-corrected chi connectivity index (χ2v) is 4.46. The highest BCUT2D eigenvalue weighted by Crippen LogP contribution is 2.27. The lowest BCUT2D eigenvalue weighted by atomic mass is 9.93. The number of aromatic nitrogens is 4. The molecule has 2 aromatic heterocycles. The van der Waals surface area contributed by atoms with Gasteiger partial charge in [0.15, 0.2) is 5.65 Å². The van der Waals surface area contributed by atoms with Gasteiger partial charge in [0.25, 0.3) is 5.56 Å². The fourth-order valence-corrected chi connectivity index (χ4v) is 2.51. The predicted octanol–water partition coefficient (Wildman–Crippen LogP) is 0.124. The van der Waals surface area contributed by atoms with E-state index in [4.69, 9.17) is 0 Å². The summed E-state index contributed by atoms with van der Waals surface area (Å²) in [5.74, 6) is 0.366. The third kappa shape index (κ3) is 1.64. The molecule has 0 spiro atoms. The Hall–Kier alpha value is -1.69. The van der Waals surface area contributed by atoms with Crippen LogP contribution in [0.1, 0.15) is 24.5 Å². The first kappa shape index (κ1) is 10.5. The van der Waals surface area contributed by atoms with Gasteiger partial charge in [0.1, 0.15) is 5.39 Å². The Morgan fingerprint density at radius 2 is 2.18 bits per heavy atom. The molecule has 1 fully saturated rings. The summed E-state index contributed by atoms with van der Waals surface area (Å²) < 4.78 is 1.70. The van der Waals surface area contributed by atoms with Crippen molar-refractivity contribution in [3.63, 3.8) is 0 Å². The van der Waals surface area contributed by atoms with Crippen LogP contribution in [-0.4, -0.2) is 32.8 Å². The average molecular weight is 233 g/mol. The molecule has 0 unspecified atom stereocenters. The number of nitrogens with zero attached hydrogens (tertiary/aromatic N) is 3. The van der Waals surface area contributed by atoms with Gasteiger partial charge in [0.2, 0.25) is 0 Å². The molecule has 0 atom stereocenters. The number of fused-ring (bicyclic) bond motifs is 1. The minimum atomic E-state index is -0.0865. The molecule has 1 aliphatic heterocycles. The summed E-state index contributed by atoms with van der Waals surface area (Å²) in [6.45, 7) is 1.97. The Bertz CT molecular complexity index is 593. The van der Waals surface area contributed by atoms with E-state index in [9.17, 15) is 4.79 Å². The van der Waals surface area contributed by atoms with Crippen LogP contribution < -0.4 is 10.9 Å². The summed E-state index contributed by atoms with van der Waals surface area (Å²) in [5.41, 5.74) is 1.48. The Labute approximate surface area is 98.1 Å². The molecule has 0 amide bonds. The number of aryl methyl sites for hydroxylation is 1. The largest absolute Gasteiger partial charge is 0.317 e. The molecule has 0 aliphatic carbocycles. The van der Waals surface area contributed by atoms with Crippen LogP contribution in [0.15, 0.2) is 11.1 Å². The number of hydrogen-bond donors (Lipinski definition) is 2. The Kier molecular flexibility index (Phi) is 2.44. The minimum absolute atomic E-state index is 0.0865. The van der Waals surface area contributed by atoms with E-state index in [1.54, 1.807) is 4.68 Å². The van der Waals surface area contributed by atoms with E-state index in [0.717, 1.165) is 31.6 Å². The number of H-pyrrole nitrogens is 1. The molecule has 3 rings (SSSR count). The molecule has 90 valence electrons. The van der Waals surface area contributed by atoms with Gasteiger partial charge in [0, 0.05) is 13.0 Å². The molecule has 1 saturated heterocycles. The second-order valence-electron chi connectivity index (χ2n) is 4.46. The first-order chi connectivity index (χ1) is 8.27. The third-order valence-electron chi connectivity index (χ3n) is 3.38. The first-order valence-electron chi connectivity index (χ1n) is 5.88. The van der Waals surface area contributed by atoms with Gasteiger partial charge in [-0.2, -0.15) is 5.10 Å². The van der Waals surface area contributed by atoms with Crippen LogP contribution >= 0.6 is 0 Å². The van der Waals surface area contributed by atoms with Gasteiger partial charge in [-0.05, 0) is 25.9 Å². The molecule has 17 heavy (non-hydrogen) atoms. The van der Waals surface area contributed by atoms with Crippen molar-refractivity contribution in [2.45, 2.75) is 18.8 Å². The van der Waals surface area contributed by atoms with Gasteiger partial charge in [-0.1, -0.05) is 0 Å². The van der Waals surface area contributed by atoms with Gasteiger partial charge in [-0.15, -0.1) is 0 Å². The lowest BCUT2D eigenvalue weighted by Crippen LogP contribution is -2.27. The zero-order chi connectivity index (χ0) is 11.8. The van der Waals surface area contributed by atoms with Crippen LogP contribution in [0.4, 0.5) is 0 Å². The molecule has 0 radical (unpaired) electrons. The molecule has 1 aliphatic rings. The van der Waals surface area contributed by atoms with Crippen molar-refractivity contribution in [2.75, 3.05) is 13.1 Å². The lowest BCUT2D eigenvalue weighted by Gasteiger charge is -2.20. The van der Waals surface area contributed by atoms with Crippen molar-refractivity contribution in [1.82, 2.24) is 25.1 Å². The quantitative estimate of drug-likeness (QED) is 0.733. The molecule has 2 N–H and O–H groups in total. The van der Waals surface area contributed by atoms with Crippen molar-refractivity contribution >= 4 is 11.0 Å². The molecule has 0 bridgehead atoms. The van der Waals surface area contributed by atoms with Gasteiger partial charge in [-0.25, -0.2) is 9.67 Å². The maximum absolute atomic E-state index is 11.9. The summed E-state index contributed by atoms with van der Waals surface area (Å²) in [7, 11) is 1.83. The molecule has 6 heteroatoms. The normalized spacial score (nSPS) is 17.7. The molecule has 0 aromatic carbocycles. The molecule has 2 aromatic rings. The third-order valence-corrected chi connectivity index (χ3v) is 3.38. The SMILES string of the molecule is Cn1nc(C2CCNCC2)c2c(=O)[nH]cnc21. The topological polar surface area (TPSA) is 75.6 Å². The van der Waals surface area contributed by atoms with E-state index >= 15 is 0 Å². The fraction of sp³-hybridized carbons (Fsp3) is 0.545. The van der Waals surface area contributed by atoms with Crippen molar-refractivity contribution in [2.24, 2.45) is 7.05 Å². The number of piperidine rings is 1. The van der Waals surface area contributed by atoms with Gasteiger partial charge in [-0.3, -0.25) is 4.79 Å². The minimum Gasteiger partial charge on any atom is -0.317 e. The second kappa shape index (κ2) is 3.96. The van der Waals surface area contributed by atoms with E-state index in [2.05, 4.69) is 20.4 Å². The van der Waals surface area contributed by atoms with Crippen LogP contribution in [0.3, 0.4) is 0 Å². The number of hydrogen-bond acceptors (Lipinski definition) is 4. The summed E-state index contributed by atoms with van der Waals surface area (Å²) in [6, 6.07) is 0. The standard InChI is InChI=1S/C11H15N5O/c1-16-10-8(11(17)14-6-13-10)9(15-16)7-2-4-12-5-3-7/h6-7,12H,2-5H2,1H3,(H,13,14,17). The van der Waals surface area contributed by atoms with E-state index in [1.807, 2.05) is 7.05 Å². The Morgan fingerprint density at radius 3 is 2.94 bits per heavy atom. The molecule has 0 saturated carbocycles. The highest BCUT2D eigenvalue weighted by atomic mass is 16.1. The van der Waals surface area contributed by atoms with Crippen molar-refractivity contribution in [3.05, 3.63) is 22.4 Å². The van der Waals surface area contributed by atoms with Crippen LogP contribution in [0.25, 0.3) is 11.0 Å². The molecular formula is C11H15N5O. The van der Waals surface area contributed by atoms with E-state index < -0.39 is 0 Å². The number of rotatable bonds is 1. The summed E-state index contributed by atoms with van der Waals surface area (Å²) in [6.07, 6.45) is 3.49. The molecular weight excluding hydrogens is 218 g/mol. The number of nitrogens with one attached hydrogen (secondary N) is 2. The zero-order valence-electron chi connectivity index (χ0n) is 9.73. The van der Waals surface area contributed by atoms with E-state index in [-0.39, 0.29) is 5.56 Å². The van der Waals surface area contributed by atoms with Crippen LogP contribution in [0.5, 0.6) is 0 Å². The highest BCUT2D eigenvalue weighted by Gasteiger charge is 2.23. The first-order valence-corrected chi connectivity index (χ1v) is 5.88. The highest BCUT2D eigenvalue weighted by molar-refractivity contribution is 5.77. The van der Waals surface area contributed by atoms with E-state index in [0.29, 0.717) is 17.0 Å². The molecule has 6 nitrogen and oxygen atoms in total.